The molecule has 1 unspecified atom stereocenters. The maximum Gasteiger partial charge on any atom is 0.301 e. The molecule has 0 aromatic heterocycles. The van der Waals surface area contributed by atoms with Crippen molar-refractivity contribution in [1.29, 1.82) is 0 Å². The van der Waals surface area contributed by atoms with Gasteiger partial charge in [-0.25, -0.2) is 0 Å². The normalized spacial score (nSPS) is 17.4. The number of rotatable bonds is 5. The van der Waals surface area contributed by atoms with Crippen molar-refractivity contribution in [3.63, 3.8) is 0 Å². The van der Waals surface area contributed by atoms with Crippen molar-refractivity contribution in [3.8, 4) is 5.75 Å². The summed E-state index contributed by atoms with van der Waals surface area (Å²) in [5, 5.41) is 7.33. The summed E-state index contributed by atoms with van der Waals surface area (Å²) in [6.07, 6.45) is 0.609. The molecule has 2 aliphatic heterocycles. The van der Waals surface area contributed by atoms with Gasteiger partial charge in [0, 0.05) is 15.9 Å². The van der Waals surface area contributed by atoms with Crippen molar-refractivity contribution in [2.24, 2.45) is 5.10 Å². The standard InChI is InChI=1S/C25H19BrClN3O3/c1-33-17-9-6-15(7-10-17)21-13-23(18-4-2-3-5-20(18)27)30(28-21)14-29-22-12-16(26)8-11-19(22)24(31)25(29)32/h2-12,23H,13-14H2,1H3. The van der Waals surface area contributed by atoms with E-state index in [0.717, 1.165) is 27.1 Å². The monoisotopic (exact) mass is 523 g/mol. The van der Waals surface area contributed by atoms with E-state index in [0.29, 0.717) is 22.7 Å². The summed E-state index contributed by atoms with van der Waals surface area (Å²) in [6.45, 7) is 0.129. The Morgan fingerprint density at radius 1 is 1.09 bits per heavy atom. The Kier molecular flexibility index (Phi) is 5.68. The average Bonchev–Trinajstić information content (AvgIpc) is 3.34. The first-order chi connectivity index (χ1) is 16.0. The van der Waals surface area contributed by atoms with Crippen LogP contribution < -0.4 is 9.64 Å². The Hall–Kier alpha value is -3.16. The van der Waals surface area contributed by atoms with Crippen LogP contribution in [-0.2, 0) is 4.79 Å². The maximum atomic E-state index is 12.8. The van der Waals surface area contributed by atoms with E-state index in [1.165, 1.54) is 4.90 Å². The van der Waals surface area contributed by atoms with Gasteiger partial charge in [-0.15, -0.1) is 0 Å². The van der Waals surface area contributed by atoms with Gasteiger partial charge in [0.2, 0.25) is 0 Å². The molecule has 5 rings (SSSR count). The van der Waals surface area contributed by atoms with E-state index >= 15 is 0 Å². The largest absolute Gasteiger partial charge is 0.497 e. The molecule has 3 aromatic rings. The van der Waals surface area contributed by atoms with Crippen molar-refractivity contribution in [1.82, 2.24) is 5.01 Å². The van der Waals surface area contributed by atoms with Gasteiger partial charge < -0.3 is 4.74 Å². The molecule has 0 aliphatic carbocycles. The Labute approximate surface area is 204 Å². The number of carbonyl (C=O) groups is 2. The molecular formula is C25H19BrClN3O3. The van der Waals surface area contributed by atoms with Crippen LogP contribution in [0.2, 0.25) is 5.02 Å². The van der Waals surface area contributed by atoms with Crippen LogP contribution in [0.4, 0.5) is 5.69 Å². The van der Waals surface area contributed by atoms with Gasteiger partial charge in [0.1, 0.15) is 12.4 Å². The Morgan fingerprint density at radius 3 is 2.58 bits per heavy atom. The first-order valence-corrected chi connectivity index (χ1v) is 11.5. The first kappa shape index (κ1) is 21.7. The summed E-state index contributed by atoms with van der Waals surface area (Å²) < 4.78 is 6.06. The second-order valence-electron chi connectivity index (χ2n) is 7.82. The van der Waals surface area contributed by atoms with E-state index in [1.54, 1.807) is 25.3 Å². The van der Waals surface area contributed by atoms with E-state index in [2.05, 4.69) is 15.9 Å². The summed E-state index contributed by atoms with van der Waals surface area (Å²) in [7, 11) is 1.63. The average molecular weight is 525 g/mol. The molecule has 3 aromatic carbocycles. The van der Waals surface area contributed by atoms with Crippen LogP contribution in [0.1, 0.15) is 33.9 Å². The molecule has 2 heterocycles. The van der Waals surface area contributed by atoms with E-state index in [9.17, 15) is 9.59 Å². The van der Waals surface area contributed by atoms with Gasteiger partial charge in [0.25, 0.3) is 5.78 Å². The Morgan fingerprint density at radius 2 is 1.85 bits per heavy atom. The fraction of sp³-hybridized carbons (Fsp3) is 0.160. The molecular weight excluding hydrogens is 506 g/mol. The molecule has 2 aliphatic rings. The quantitative estimate of drug-likeness (QED) is 0.417. The highest BCUT2D eigenvalue weighted by molar-refractivity contribution is 9.10. The molecule has 0 spiro atoms. The molecule has 0 bridgehead atoms. The Balaban J connectivity index is 1.53. The highest BCUT2D eigenvalue weighted by atomic mass is 79.9. The summed E-state index contributed by atoms with van der Waals surface area (Å²) in [6, 6.07) is 20.4. The molecule has 33 heavy (non-hydrogen) atoms. The van der Waals surface area contributed by atoms with Gasteiger partial charge in [-0.05, 0) is 59.7 Å². The second kappa shape index (κ2) is 8.65. The number of amides is 1. The summed E-state index contributed by atoms with van der Waals surface area (Å²) in [4.78, 5) is 26.9. The number of hydrogen-bond donors (Lipinski definition) is 0. The minimum Gasteiger partial charge on any atom is -0.497 e. The number of carbonyl (C=O) groups excluding carboxylic acids is 2. The van der Waals surface area contributed by atoms with Crippen LogP contribution in [0.25, 0.3) is 0 Å². The van der Waals surface area contributed by atoms with Gasteiger partial charge in [-0.3, -0.25) is 19.5 Å². The summed E-state index contributed by atoms with van der Waals surface area (Å²) in [5.41, 5.74) is 3.72. The summed E-state index contributed by atoms with van der Waals surface area (Å²) in [5.74, 6) is -0.306. The third-order valence-electron chi connectivity index (χ3n) is 5.90. The molecule has 0 radical (unpaired) electrons. The highest BCUT2D eigenvalue weighted by Crippen LogP contribution is 2.39. The predicted molar refractivity (Wildman–Crippen MR) is 131 cm³/mol. The number of methoxy groups -OCH3 is 1. The minimum atomic E-state index is -0.561. The lowest BCUT2D eigenvalue weighted by molar-refractivity contribution is -0.114. The molecule has 1 atom stereocenters. The van der Waals surface area contributed by atoms with Gasteiger partial charge >= 0.3 is 5.91 Å². The molecule has 0 fully saturated rings. The number of anilines is 1. The number of hydrogen-bond acceptors (Lipinski definition) is 5. The lowest BCUT2D eigenvalue weighted by Crippen LogP contribution is -2.39. The second-order valence-corrected chi connectivity index (χ2v) is 9.14. The van der Waals surface area contributed by atoms with E-state index in [1.807, 2.05) is 53.5 Å². The number of benzene rings is 3. The number of ether oxygens (including phenoxy) is 1. The molecule has 0 N–H and O–H groups in total. The van der Waals surface area contributed by atoms with Crippen LogP contribution in [-0.4, -0.2) is 36.2 Å². The van der Waals surface area contributed by atoms with E-state index in [-0.39, 0.29) is 12.7 Å². The Bertz CT molecular complexity index is 1290. The van der Waals surface area contributed by atoms with Gasteiger partial charge in [0.05, 0.1) is 30.1 Å². The third kappa shape index (κ3) is 3.92. The summed E-state index contributed by atoms with van der Waals surface area (Å²) >= 11 is 9.98. The molecule has 0 saturated heterocycles. The van der Waals surface area contributed by atoms with Crippen LogP contribution in [0.3, 0.4) is 0 Å². The molecule has 0 saturated carbocycles. The third-order valence-corrected chi connectivity index (χ3v) is 6.74. The maximum absolute atomic E-state index is 12.8. The predicted octanol–water partition coefficient (Wildman–Crippen LogP) is 5.45. The number of Topliss-reactive ketones (excluding diaryl/α,β-unsaturated/α-hetero) is 1. The molecule has 166 valence electrons. The van der Waals surface area contributed by atoms with E-state index in [4.69, 9.17) is 21.4 Å². The number of ketones is 1. The van der Waals surface area contributed by atoms with Crippen molar-refractivity contribution in [2.45, 2.75) is 12.5 Å². The fourth-order valence-corrected chi connectivity index (χ4v) is 4.82. The number of fused-ring (bicyclic) bond motifs is 1. The molecule has 1 amide bonds. The number of nitrogens with zero attached hydrogens (tertiary/aromatic N) is 3. The van der Waals surface area contributed by atoms with Crippen molar-refractivity contribution in [3.05, 3.63) is 92.9 Å². The van der Waals surface area contributed by atoms with Crippen LogP contribution >= 0.6 is 27.5 Å². The number of hydrazone groups is 1. The van der Waals surface area contributed by atoms with Crippen LogP contribution in [0, 0.1) is 0 Å². The molecule has 6 nitrogen and oxygen atoms in total. The smallest absolute Gasteiger partial charge is 0.301 e. The van der Waals surface area contributed by atoms with Crippen LogP contribution in [0.15, 0.2) is 76.3 Å². The zero-order chi connectivity index (χ0) is 23.1. The number of halogens is 2. The zero-order valence-electron chi connectivity index (χ0n) is 17.7. The molecule has 8 heteroatoms. The zero-order valence-corrected chi connectivity index (χ0v) is 20.0. The highest BCUT2D eigenvalue weighted by Gasteiger charge is 2.39. The van der Waals surface area contributed by atoms with Gasteiger partial charge in [-0.2, -0.15) is 5.10 Å². The first-order valence-electron chi connectivity index (χ1n) is 10.3. The SMILES string of the molecule is COc1ccc(C2=NN(CN3C(=O)C(=O)c4ccc(Br)cc43)C(c3ccccc3Cl)C2)cc1. The van der Waals surface area contributed by atoms with Crippen molar-refractivity contribution < 1.29 is 14.3 Å². The van der Waals surface area contributed by atoms with Crippen LogP contribution in [0.5, 0.6) is 5.75 Å². The topological polar surface area (TPSA) is 62.2 Å². The van der Waals surface area contributed by atoms with E-state index < -0.39 is 11.7 Å². The van der Waals surface area contributed by atoms with Crippen molar-refractivity contribution >= 4 is 50.6 Å². The fourth-order valence-electron chi connectivity index (χ4n) is 4.21. The van der Waals surface area contributed by atoms with Gasteiger partial charge in [0.15, 0.2) is 0 Å². The van der Waals surface area contributed by atoms with Crippen molar-refractivity contribution in [2.75, 3.05) is 18.7 Å². The lowest BCUT2D eigenvalue weighted by atomic mass is 9.98. The van der Waals surface area contributed by atoms with Gasteiger partial charge in [-0.1, -0.05) is 45.7 Å². The lowest BCUT2D eigenvalue weighted by Gasteiger charge is -2.29. The minimum absolute atomic E-state index is 0.129.